The molecule has 0 unspecified atom stereocenters. The largest absolute Gasteiger partial charge is 0.396 e. The predicted octanol–water partition coefficient (Wildman–Crippen LogP) is 1.69. The summed E-state index contributed by atoms with van der Waals surface area (Å²) in [5, 5.41) is 11.7. The molecule has 0 aliphatic carbocycles. The SMILES string of the molecule is CC(=O)N1CCC([C@@H]2CN(C(=O)c3cccs3)C[C@H]2CO)CC1. The lowest BCUT2D eigenvalue weighted by molar-refractivity contribution is -0.130. The van der Waals surface area contributed by atoms with E-state index in [1.807, 2.05) is 27.3 Å². The zero-order valence-electron chi connectivity index (χ0n) is 13.5. The Morgan fingerprint density at radius 2 is 2.00 bits per heavy atom. The number of hydrogen-bond donors (Lipinski definition) is 1. The number of carbonyl (C=O) groups is 2. The van der Waals surface area contributed by atoms with Crippen molar-refractivity contribution in [2.75, 3.05) is 32.8 Å². The second kappa shape index (κ2) is 7.01. The average molecular weight is 336 g/mol. The van der Waals surface area contributed by atoms with E-state index in [0.717, 1.165) is 37.4 Å². The molecule has 0 radical (unpaired) electrons. The molecular formula is C17H24N2O3S. The summed E-state index contributed by atoms with van der Waals surface area (Å²) in [7, 11) is 0. The van der Waals surface area contributed by atoms with E-state index in [1.165, 1.54) is 11.3 Å². The predicted molar refractivity (Wildman–Crippen MR) is 89.3 cm³/mol. The first-order chi connectivity index (χ1) is 11.1. The van der Waals surface area contributed by atoms with E-state index < -0.39 is 0 Å². The van der Waals surface area contributed by atoms with Crippen LogP contribution < -0.4 is 0 Å². The van der Waals surface area contributed by atoms with Gasteiger partial charge in [-0.1, -0.05) is 6.07 Å². The molecule has 5 nitrogen and oxygen atoms in total. The summed E-state index contributed by atoms with van der Waals surface area (Å²) in [6, 6.07) is 3.76. The van der Waals surface area contributed by atoms with Crippen LogP contribution in [-0.4, -0.2) is 59.5 Å². The Bertz CT molecular complexity index is 552. The highest BCUT2D eigenvalue weighted by molar-refractivity contribution is 7.12. The Balaban J connectivity index is 1.64. The normalized spacial score (nSPS) is 25.8. The van der Waals surface area contributed by atoms with Gasteiger partial charge in [-0.15, -0.1) is 11.3 Å². The summed E-state index contributed by atoms with van der Waals surface area (Å²) < 4.78 is 0. The van der Waals surface area contributed by atoms with Gasteiger partial charge in [0.2, 0.25) is 5.91 Å². The van der Waals surface area contributed by atoms with Gasteiger partial charge >= 0.3 is 0 Å². The Hall–Kier alpha value is -1.40. The number of amides is 2. The fourth-order valence-corrected chi connectivity index (χ4v) is 4.68. The van der Waals surface area contributed by atoms with E-state index in [4.69, 9.17) is 0 Å². The van der Waals surface area contributed by atoms with Crippen LogP contribution in [-0.2, 0) is 4.79 Å². The monoisotopic (exact) mass is 336 g/mol. The Kier molecular flexibility index (Phi) is 5.02. The second-order valence-electron chi connectivity index (χ2n) is 6.64. The van der Waals surface area contributed by atoms with E-state index in [-0.39, 0.29) is 24.3 Å². The number of carbonyl (C=O) groups excluding carboxylic acids is 2. The Labute approximate surface area is 140 Å². The molecule has 3 rings (SSSR count). The first-order valence-electron chi connectivity index (χ1n) is 8.29. The number of rotatable bonds is 3. The van der Waals surface area contributed by atoms with Crippen molar-refractivity contribution < 1.29 is 14.7 Å². The van der Waals surface area contributed by atoms with Gasteiger partial charge in [-0.2, -0.15) is 0 Å². The minimum Gasteiger partial charge on any atom is -0.396 e. The quantitative estimate of drug-likeness (QED) is 0.914. The van der Waals surface area contributed by atoms with E-state index in [9.17, 15) is 14.7 Å². The number of aliphatic hydroxyl groups excluding tert-OH is 1. The topological polar surface area (TPSA) is 60.9 Å². The van der Waals surface area contributed by atoms with E-state index in [2.05, 4.69) is 0 Å². The molecule has 2 aliphatic heterocycles. The van der Waals surface area contributed by atoms with Crippen molar-refractivity contribution in [3.63, 3.8) is 0 Å². The summed E-state index contributed by atoms with van der Waals surface area (Å²) in [5.74, 6) is 1.22. The number of likely N-dealkylation sites (tertiary alicyclic amines) is 2. The zero-order valence-corrected chi connectivity index (χ0v) is 14.3. The molecule has 0 aromatic carbocycles. The van der Waals surface area contributed by atoms with Crippen LogP contribution in [0.15, 0.2) is 17.5 Å². The molecule has 0 saturated carbocycles. The number of hydrogen-bond acceptors (Lipinski definition) is 4. The summed E-state index contributed by atoms with van der Waals surface area (Å²) in [5.41, 5.74) is 0. The molecule has 1 aromatic rings. The van der Waals surface area contributed by atoms with Gasteiger partial charge in [0, 0.05) is 45.6 Å². The first kappa shape index (κ1) is 16.5. The smallest absolute Gasteiger partial charge is 0.263 e. The van der Waals surface area contributed by atoms with Crippen molar-refractivity contribution in [2.45, 2.75) is 19.8 Å². The minimum atomic E-state index is 0.0853. The Morgan fingerprint density at radius 1 is 1.26 bits per heavy atom. The molecule has 2 atom stereocenters. The van der Waals surface area contributed by atoms with Gasteiger partial charge in [0.1, 0.15) is 0 Å². The van der Waals surface area contributed by atoms with Crippen molar-refractivity contribution in [2.24, 2.45) is 17.8 Å². The maximum absolute atomic E-state index is 12.5. The molecule has 2 saturated heterocycles. The first-order valence-corrected chi connectivity index (χ1v) is 9.17. The molecule has 1 N–H and O–H groups in total. The van der Waals surface area contributed by atoms with Crippen LogP contribution in [0, 0.1) is 17.8 Å². The lowest BCUT2D eigenvalue weighted by Gasteiger charge is -2.35. The van der Waals surface area contributed by atoms with Gasteiger partial charge in [0.15, 0.2) is 0 Å². The molecule has 2 amide bonds. The van der Waals surface area contributed by atoms with E-state index >= 15 is 0 Å². The van der Waals surface area contributed by atoms with Crippen molar-refractivity contribution in [3.05, 3.63) is 22.4 Å². The van der Waals surface area contributed by atoms with Crippen LogP contribution in [0.25, 0.3) is 0 Å². The molecule has 3 heterocycles. The highest BCUT2D eigenvalue weighted by Crippen LogP contribution is 2.36. The van der Waals surface area contributed by atoms with Crippen LogP contribution in [0.2, 0.25) is 0 Å². The molecule has 2 fully saturated rings. The highest BCUT2D eigenvalue weighted by Gasteiger charge is 2.40. The van der Waals surface area contributed by atoms with Crippen LogP contribution >= 0.6 is 11.3 Å². The zero-order chi connectivity index (χ0) is 16.4. The summed E-state index contributed by atoms with van der Waals surface area (Å²) >= 11 is 1.47. The molecule has 1 aromatic heterocycles. The van der Waals surface area contributed by atoms with Crippen LogP contribution in [0.3, 0.4) is 0 Å². The lowest BCUT2D eigenvalue weighted by Crippen LogP contribution is -2.40. The van der Waals surface area contributed by atoms with Crippen LogP contribution in [0.4, 0.5) is 0 Å². The van der Waals surface area contributed by atoms with Gasteiger partial charge in [-0.05, 0) is 36.1 Å². The van der Waals surface area contributed by atoms with Crippen molar-refractivity contribution >= 4 is 23.2 Å². The Morgan fingerprint density at radius 3 is 2.57 bits per heavy atom. The fourth-order valence-electron chi connectivity index (χ4n) is 3.99. The van der Waals surface area contributed by atoms with Crippen LogP contribution in [0.1, 0.15) is 29.4 Å². The fraction of sp³-hybridized carbons (Fsp3) is 0.647. The van der Waals surface area contributed by atoms with Crippen LogP contribution in [0.5, 0.6) is 0 Å². The van der Waals surface area contributed by atoms with Crippen molar-refractivity contribution in [3.8, 4) is 0 Å². The number of piperidine rings is 1. The second-order valence-corrected chi connectivity index (χ2v) is 7.59. The molecule has 23 heavy (non-hydrogen) atoms. The van der Waals surface area contributed by atoms with Gasteiger partial charge in [-0.3, -0.25) is 9.59 Å². The molecule has 126 valence electrons. The third kappa shape index (κ3) is 3.43. The third-order valence-corrected chi connectivity index (χ3v) is 6.19. The molecule has 0 spiro atoms. The standard InChI is InChI=1S/C17H24N2O3S/c1-12(21)18-6-4-13(5-7-18)15-10-19(9-14(15)11-20)17(22)16-3-2-8-23-16/h2-3,8,13-15,20H,4-7,9-11H2,1H3/t14-,15-/m0/s1. The van der Waals surface area contributed by atoms with E-state index in [0.29, 0.717) is 18.4 Å². The maximum Gasteiger partial charge on any atom is 0.263 e. The van der Waals surface area contributed by atoms with Gasteiger partial charge in [0.25, 0.3) is 5.91 Å². The van der Waals surface area contributed by atoms with Crippen molar-refractivity contribution in [1.29, 1.82) is 0 Å². The lowest BCUT2D eigenvalue weighted by atomic mass is 9.79. The van der Waals surface area contributed by atoms with Gasteiger partial charge < -0.3 is 14.9 Å². The van der Waals surface area contributed by atoms with Gasteiger partial charge in [-0.25, -0.2) is 0 Å². The summed E-state index contributed by atoms with van der Waals surface area (Å²) in [6.07, 6.45) is 1.95. The molecule has 6 heteroatoms. The maximum atomic E-state index is 12.5. The average Bonchev–Trinajstić information content (AvgIpc) is 3.23. The number of nitrogens with zero attached hydrogens (tertiary/aromatic N) is 2. The molecule has 0 bridgehead atoms. The minimum absolute atomic E-state index is 0.0853. The van der Waals surface area contributed by atoms with Gasteiger partial charge in [0.05, 0.1) is 4.88 Å². The van der Waals surface area contributed by atoms with Crippen molar-refractivity contribution in [1.82, 2.24) is 9.80 Å². The highest BCUT2D eigenvalue weighted by atomic mass is 32.1. The molecular weight excluding hydrogens is 312 g/mol. The number of aliphatic hydroxyl groups is 1. The third-order valence-electron chi connectivity index (χ3n) is 5.34. The number of thiophene rings is 1. The summed E-state index contributed by atoms with van der Waals surface area (Å²) in [4.78, 5) is 28.6. The molecule has 2 aliphatic rings. The van der Waals surface area contributed by atoms with E-state index in [1.54, 1.807) is 6.92 Å². The summed E-state index contributed by atoms with van der Waals surface area (Å²) in [6.45, 7) is 4.72.